The molecule has 1 N–H and O–H groups in total. The number of hydrogen-bond donors (Lipinski definition) is 1. The monoisotopic (exact) mass is 775 g/mol. The van der Waals surface area contributed by atoms with Gasteiger partial charge < -0.3 is 15.0 Å². The molecule has 2 amide bonds. The second kappa shape index (κ2) is 15.9. The predicted molar refractivity (Wildman–Crippen MR) is 194 cm³/mol. The molecule has 3 aromatic rings. The van der Waals surface area contributed by atoms with Gasteiger partial charge in [0.25, 0.3) is 5.92 Å². The number of hydrogen-bond acceptors (Lipinski definition) is 7. The second-order valence-electron chi connectivity index (χ2n) is 14.3. The van der Waals surface area contributed by atoms with Crippen LogP contribution in [-0.4, -0.2) is 77.2 Å². The van der Waals surface area contributed by atoms with Gasteiger partial charge in [-0.25, -0.2) is 17.6 Å². The van der Waals surface area contributed by atoms with E-state index in [-0.39, 0.29) is 54.5 Å². The molecular weight excluding hydrogens is 735 g/mol. The lowest BCUT2D eigenvalue weighted by Crippen LogP contribution is -2.60. The number of anilines is 1. The molecule has 17 heteroatoms. The third-order valence-electron chi connectivity index (χ3n) is 9.26. The number of sulfonamides is 1. The van der Waals surface area contributed by atoms with Crippen molar-refractivity contribution in [3.63, 3.8) is 0 Å². The van der Waals surface area contributed by atoms with Crippen molar-refractivity contribution in [1.82, 2.24) is 14.2 Å². The number of ether oxygens (including phenoxy) is 1. The molecule has 2 saturated heterocycles. The SMILES string of the molecule is CC(C)(C)OC(=O)N1C[C@H](CCc2c(F)cccc2NC(=O)[C@@H](N=[N+]=[N-])[C@@H](c2ccc(Cl)cc2)c2ccc(C(C)(F)F)nc2)N2C[C@H]1CCCS2(=O)=O. The van der Waals surface area contributed by atoms with Gasteiger partial charge in [0.1, 0.15) is 23.2 Å². The molecule has 1 unspecified atom stereocenters. The Bertz CT molecular complexity index is 1970. The summed E-state index contributed by atoms with van der Waals surface area (Å²) in [4.78, 5) is 35.6. The van der Waals surface area contributed by atoms with Gasteiger partial charge in [0, 0.05) is 65.4 Å². The summed E-state index contributed by atoms with van der Waals surface area (Å²) in [5.41, 5.74) is 9.16. The van der Waals surface area contributed by atoms with Crippen LogP contribution in [0.1, 0.15) is 75.3 Å². The normalized spacial score (nSPS) is 21.1. The van der Waals surface area contributed by atoms with Crippen molar-refractivity contribution in [1.29, 1.82) is 0 Å². The molecule has 284 valence electrons. The van der Waals surface area contributed by atoms with Crippen molar-refractivity contribution in [2.45, 2.75) is 88.9 Å². The number of rotatable bonds is 10. The highest BCUT2D eigenvalue weighted by Gasteiger charge is 2.44. The van der Waals surface area contributed by atoms with Gasteiger partial charge in [-0.2, -0.15) is 13.1 Å². The van der Waals surface area contributed by atoms with Gasteiger partial charge in [0.05, 0.1) is 5.75 Å². The number of nitrogens with one attached hydrogen (secondary N) is 1. The van der Waals surface area contributed by atoms with E-state index in [2.05, 4.69) is 20.3 Å². The lowest BCUT2D eigenvalue weighted by molar-refractivity contribution is -0.117. The molecule has 0 aliphatic carbocycles. The van der Waals surface area contributed by atoms with Gasteiger partial charge in [-0.1, -0.05) is 41.0 Å². The lowest BCUT2D eigenvalue weighted by atomic mass is 9.85. The third-order valence-corrected chi connectivity index (χ3v) is 11.5. The van der Waals surface area contributed by atoms with Crippen molar-refractivity contribution in [3.8, 4) is 0 Å². The summed E-state index contributed by atoms with van der Waals surface area (Å²) in [6.45, 7) is 6.05. The van der Waals surface area contributed by atoms with E-state index in [0.29, 0.717) is 30.4 Å². The van der Waals surface area contributed by atoms with E-state index in [9.17, 15) is 32.3 Å². The zero-order chi connectivity index (χ0) is 38.7. The van der Waals surface area contributed by atoms with Crippen LogP contribution in [-0.2, 0) is 31.9 Å². The van der Waals surface area contributed by atoms with Crippen molar-refractivity contribution >= 4 is 39.3 Å². The van der Waals surface area contributed by atoms with Crippen LogP contribution in [0.5, 0.6) is 0 Å². The number of piperazine rings is 1. The van der Waals surface area contributed by atoms with E-state index in [4.69, 9.17) is 16.3 Å². The first kappa shape index (κ1) is 39.8. The molecule has 2 fully saturated rings. The van der Waals surface area contributed by atoms with Gasteiger partial charge in [0.2, 0.25) is 15.9 Å². The van der Waals surface area contributed by atoms with Gasteiger partial charge in [-0.15, -0.1) is 0 Å². The van der Waals surface area contributed by atoms with E-state index >= 15 is 4.39 Å². The summed E-state index contributed by atoms with van der Waals surface area (Å²) in [5.74, 6) is -5.83. The number of carbonyl (C=O) groups excluding carboxylic acids is 2. The molecule has 2 aliphatic heterocycles. The topological polar surface area (TPSA) is 158 Å². The average Bonchev–Trinajstić information content (AvgIpc) is 3.20. The van der Waals surface area contributed by atoms with Gasteiger partial charge >= 0.3 is 6.09 Å². The summed E-state index contributed by atoms with van der Waals surface area (Å²) in [7, 11) is -3.67. The quantitative estimate of drug-likeness (QED) is 0.126. The Kier molecular flexibility index (Phi) is 12.0. The van der Waals surface area contributed by atoms with E-state index < -0.39 is 63.1 Å². The maximum absolute atomic E-state index is 15.6. The number of benzene rings is 2. The Labute approximate surface area is 311 Å². The molecule has 0 saturated carbocycles. The summed E-state index contributed by atoms with van der Waals surface area (Å²) < 4.78 is 77.2. The van der Waals surface area contributed by atoms with Crippen molar-refractivity contribution < 1.29 is 35.9 Å². The third kappa shape index (κ3) is 9.60. The standard InChI is InChI=1S/C36H41ClF3N7O5S/c1-35(2,3)52-34(49)46-20-26(47-21-25(46)7-6-18-53(47,50)51)15-16-27-28(38)8-5-9-29(27)43-33(48)32(44-45-41)31(22-10-13-24(37)14-11-22)23-12-17-30(42-19-23)36(4,39)40/h5,8-14,17,19,25-26,31-32H,6-7,15-16,18,20-21H2,1-4H3,(H,43,48)/t25-,26+,31+,32+/m1/s1. The van der Waals surface area contributed by atoms with Gasteiger partial charge in [-0.3, -0.25) is 9.78 Å². The van der Waals surface area contributed by atoms with Crippen LogP contribution < -0.4 is 5.32 Å². The molecule has 12 nitrogen and oxygen atoms in total. The molecule has 2 bridgehead atoms. The molecule has 2 aliphatic rings. The zero-order valence-corrected chi connectivity index (χ0v) is 31.2. The van der Waals surface area contributed by atoms with Crippen LogP contribution in [0.3, 0.4) is 0 Å². The molecule has 5 atom stereocenters. The number of alkyl halides is 2. The minimum Gasteiger partial charge on any atom is -0.444 e. The van der Waals surface area contributed by atoms with E-state index in [1.54, 1.807) is 49.9 Å². The summed E-state index contributed by atoms with van der Waals surface area (Å²) in [6.07, 6.45) is 1.54. The highest BCUT2D eigenvalue weighted by molar-refractivity contribution is 7.89. The number of nitrogens with zero attached hydrogens (tertiary/aromatic N) is 6. The Morgan fingerprint density at radius 1 is 1.09 bits per heavy atom. The van der Waals surface area contributed by atoms with Crippen molar-refractivity contribution in [3.05, 3.63) is 104 Å². The smallest absolute Gasteiger partial charge is 0.410 e. The minimum atomic E-state index is -3.67. The number of halogens is 4. The van der Waals surface area contributed by atoms with Crippen LogP contribution in [0.15, 0.2) is 65.9 Å². The van der Waals surface area contributed by atoms with Crippen LogP contribution >= 0.6 is 11.6 Å². The van der Waals surface area contributed by atoms with Crippen LogP contribution in [0.25, 0.3) is 10.4 Å². The van der Waals surface area contributed by atoms with Gasteiger partial charge in [0.15, 0.2) is 0 Å². The fourth-order valence-corrected chi connectivity index (χ4v) is 8.68. The largest absolute Gasteiger partial charge is 0.444 e. The van der Waals surface area contributed by atoms with E-state index in [0.717, 1.165) is 6.07 Å². The van der Waals surface area contributed by atoms with Crippen molar-refractivity contribution in [2.24, 2.45) is 5.11 Å². The number of aromatic nitrogens is 1. The predicted octanol–water partition coefficient (Wildman–Crippen LogP) is 7.78. The molecule has 0 radical (unpaired) electrons. The number of amides is 2. The van der Waals surface area contributed by atoms with Crippen LogP contribution in [0, 0.1) is 5.82 Å². The highest BCUT2D eigenvalue weighted by atomic mass is 35.5. The first-order valence-electron chi connectivity index (χ1n) is 17.1. The molecule has 2 aromatic carbocycles. The molecular formula is C36H41ClF3N7O5S. The Morgan fingerprint density at radius 2 is 1.79 bits per heavy atom. The average molecular weight is 776 g/mol. The van der Waals surface area contributed by atoms with Crippen LogP contribution in [0.4, 0.5) is 23.7 Å². The Balaban J connectivity index is 1.44. The molecule has 0 spiro atoms. The number of azide groups is 1. The fraction of sp³-hybridized carbons (Fsp3) is 0.472. The molecule has 53 heavy (non-hydrogen) atoms. The summed E-state index contributed by atoms with van der Waals surface area (Å²) >= 11 is 6.11. The Morgan fingerprint density at radius 3 is 2.42 bits per heavy atom. The zero-order valence-electron chi connectivity index (χ0n) is 29.7. The molecule has 3 heterocycles. The maximum atomic E-state index is 15.6. The highest BCUT2D eigenvalue weighted by Crippen LogP contribution is 2.35. The lowest BCUT2D eigenvalue weighted by Gasteiger charge is -2.44. The molecule has 1 aromatic heterocycles. The molecule has 5 rings (SSSR count). The first-order valence-corrected chi connectivity index (χ1v) is 19.1. The van der Waals surface area contributed by atoms with E-state index in [1.165, 1.54) is 34.8 Å². The summed E-state index contributed by atoms with van der Waals surface area (Å²) in [5, 5.41) is 6.86. The fourth-order valence-electron chi connectivity index (χ4n) is 6.76. The number of carbonyl (C=O) groups is 2. The van der Waals surface area contributed by atoms with Crippen LogP contribution in [0.2, 0.25) is 5.02 Å². The van der Waals surface area contributed by atoms with Gasteiger partial charge in [-0.05, 0) is 93.4 Å². The maximum Gasteiger partial charge on any atom is 0.410 e. The number of fused-ring (bicyclic) bond motifs is 2. The summed E-state index contributed by atoms with van der Waals surface area (Å²) in [6, 6.07) is 10.3. The minimum absolute atomic E-state index is 0.0325. The van der Waals surface area contributed by atoms with E-state index in [1.807, 2.05) is 0 Å². The number of pyridine rings is 1. The first-order chi connectivity index (χ1) is 24.9. The second-order valence-corrected chi connectivity index (χ2v) is 16.8. The van der Waals surface area contributed by atoms with Crippen molar-refractivity contribution in [2.75, 3.05) is 24.2 Å². The Hall–Kier alpha value is -4.37.